The van der Waals surface area contributed by atoms with Gasteiger partial charge < -0.3 is 9.64 Å². The summed E-state index contributed by atoms with van der Waals surface area (Å²) in [6, 6.07) is 8.25. The van der Waals surface area contributed by atoms with Crippen molar-refractivity contribution in [2.45, 2.75) is 43.9 Å². The molecule has 0 aliphatic carbocycles. The van der Waals surface area contributed by atoms with Gasteiger partial charge in [0.15, 0.2) is 0 Å². The molecule has 2 saturated heterocycles. The van der Waals surface area contributed by atoms with Gasteiger partial charge in [-0.3, -0.25) is 14.6 Å². The van der Waals surface area contributed by atoms with Gasteiger partial charge in [-0.1, -0.05) is 35.3 Å². The van der Waals surface area contributed by atoms with E-state index in [1.165, 1.54) is 6.07 Å². The molecule has 2 aromatic rings. The molecule has 2 aliphatic heterocycles. The summed E-state index contributed by atoms with van der Waals surface area (Å²) in [4.78, 5) is 19.3. The molecule has 11 heteroatoms. The summed E-state index contributed by atoms with van der Waals surface area (Å²) in [6.45, 7) is 5.43. The monoisotopic (exact) mass is 589 g/mol. The summed E-state index contributed by atoms with van der Waals surface area (Å²) < 4.78 is 58.6. The van der Waals surface area contributed by atoms with Crippen LogP contribution in [0.15, 0.2) is 36.4 Å². The van der Waals surface area contributed by atoms with E-state index in [9.17, 15) is 22.4 Å². The van der Waals surface area contributed by atoms with Crippen molar-refractivity contribution in [1.82, 2.24) is 14.7 Å². The zero-order valence-electron chi connectivity index (χ0n) is 21.8. The van der Waals surface area contributed by atoms with Gasteiger partial charge in [-0.25, -0.2) is 4.39 Å². The molecule has 0 spiro atoms. The van der Waals surface area contributed by atoms with Crippen LogP contribution in [0.1, 0.15) is 41.9 Å². The molecule has 2 unspecified atom stereocenters. The largest absolute Gasteiger partial charge is 0.419 e. The lowest BCUT2D eigenvalue weighted by Gasteiger charge is -2.29. The Hall–Kier alpha value is -1.91. The average Bonchev–Trinajstić information content (AvgIpc) is 3.34. The van der Waals surface area contributed by atoms with Crippen LogP contribution in [0.4, 0.5) is 17.6 Å². The third-order valence-electron chi connectivity index (χ3n) is 7.57. The third-order valence-corrected chi connectivity index (χ3v) is 8.31. The highest BCUT2D eigenvalue weighted by atomic mass is 35.5. The van der Waals surface area contributed by atoms with E-state index in [4.69, 9.17) is 27.9 Å². The van der Waals surface area contributed by atoms with Crippen LogP contribution >= 0.6 is 23.2 Å². The number of rotatable bonds is 9. The molecule has 0 N–H and O–H groups in total. The second kappa shape index (κ2) is 13.2. The Labute approximate surface area is 236 Å². The molecule has 2 aromatic carbocycles. The number of carbonyl (C=O) groups is 1. The lowest BCUT2D eigenvalue weighted by atomic mass is 9.93. The first kappa shape index (κ1) is 30.1. The minimum absolute atomic E-state index is 0.0681. The number of amides is 1. The normalized spacial score (nSPS) is 20.7. The standard InChI is InChI=1S/C28H33Cl2F4N3O2/c1-35(16-19-5-7-22(25(31)14-19)28(32,33)34)26-18-37(17-21(26)20-6-8-23(29)24(30)15-20)27(38)4-2-3-9-36-10-12-39-13-11-36/h5-8,14-15,21,26H,2-4,9-13,16-18H2,1H3. The Morgan fingerprint density at radius 3 is 2.46 bits per heavy atom. The van der Waals surface area contributed by atoms with Crippen LogP contribution in [-0.2, 0) is 22.3 Å². The predicted molar refractivity (Wildman–Crippen MR) is 144 cm³/mol. The molecule has 39 heavy (non-hydrogen) atoms. The van der Waals surface area contributed by atoms with Gasteiger partial charge in [0.25, 0.3) is 0 Å². The highest BCUT2D eigenvalue weighted by molar-refractivity contribution is 6.42. The Kier molecular flexibility index (Phi) is 10.1. The zero-order chi connectivity index (χ0) is 28.2. The van der Waals surface area contributed by atoms with Crippen molar-refractivity contribution in [3.63, 3.8) is 0 Å². The van der Waals surface area contributed by atoms with Crippen molar-refractivity contribution < 1.29 is 27.1 Å². The number of likely N-dealkylation sites (N-methyl/N-ethyl adjacent to an activating group) is 1. The quantitative estimate of drug-likeness (QED) is 0.262. The van der Waals surface area contributed by atoms with Crippen LogP contribution in [0, 0.1) is 5.82 Å². The lowest BCUT2D eigenvalue weighted by molar-refractivity contribution is -0.140. The number of ether oxygens (including phenoxy) is 1. The van der Waals surface area contributed by atoms with Crippen LogP contribution in [0.3, 0.4) is 0 Å². The first-order valence-corrected chi connectivity index (χ1v) is 13.9. The number of benzene rings is 2. The van der Waals surface area contributed by atoms with Gasteiger partial charge in [0.2, 0.25) is 5.91 Å². The molecule has 1 amide bonds. The topological polar surface area (TPSA) is 36.0 Å². The predicted octanol–water partition coefficient (Wildman–Crippen LogP) is 6.08. The number of hydrogen-bond acceptors (Lipinski definition) is 4. The van der Waals surface area contributed by atoms with Gasteiger partial charge in [0.05, 0.1) is 28.8 Å². The van der Waals surface area contributed by atoms with E-state index in [1.807, 2.05) is 22.9 Å². The molecule has 0 radical (unpaired) electrons. The molecule has 0 bridgehead atoms. The van der Waals surface area contributed by atoms with Crippen molar-refractivity contribution in [3.8, 4) is 0 Å². The van der Waals surface area contributed by atoms with Gasteiger partial charge in [-0.2, -0.15) is 13.2 Å². The third kappa shape index (κ3) is 7.85. The first-order valence-electron chi connectivity index (χ1n) is 13.1. The second-order valence-corrected chi connectivity index (χ2v) is 11.1. The number of alkyl halides is 3. The molecule has 0 aromatic heterocycles. The van der Waals surface area contributed by atoms with E-state index in [0.29, 0.717) is 35.1 Å². The number of morpholine rings is 1. The Bertz CT molecular complexity index is 1140. The van der Waals surface area contributed by atoms with Crippen LogP contribution in [0.2, 0.25) is 10.0 Å². The van der Waals surface area contributed by atoms with Crippen LogP contribution in [0.25, 0.3) is 0 Å². The maximum Gasteiger partial charge on any atom is 0.419 e. The van der Waals surface area contributed by atoms with E-state index in [2.05, 4.69) is 4.90 Å². The van der Waals surface area contributed by atoms with Gasteiger partial charge >= 0.3 is 6.18 Å². The van der Waals surface area contributed by atoms with Crippen LogP contribution in [0.5, 0.6) is 0 Å². The van der Waals surface area contributed by atoms with E-state index < -0.39 is 17.6 Å². The number of likely N-dealkylation sites (tertiary alicyclic amines) is 1. The SMILES string of the molecule is CN(Cc1ccc(C(F)(F)F)c(F)c1)C1CN(C(=O)CCCCN2CCOCC2)CC1c1ccc(Cl)c(Cl)c1. The summed E-state index contributed by atoms with van der Waals surface area (Å²) in [6.07, 6.45) is -2.59. The van der Waals surface area contributed by atoms with Crippen molar-refractivity contribution in [1.29, 1.82) is 0 Å². The molecule has 2 atom stereocenters. The highest BCUT2D eigenvalue weighted by Gasteiger charge is 2.39. The minimum atomic E-state index is -4.75. The Balaban J connectivity index is 1.43. The fourth-order valence-electron chi connectivity index (χ4n) is 5.39. The van der Waals surface area contributed by atoms with Gasteiger partial charge in [0, 0.05) is 51.1 Å². The number of halogens is 6. The average molecular weight is 590 g/mol. The molecule has 5 nitrogen and oxygen atoms in total. The molecule has 4 rings (SSSR count). The molecule has 2 aliphatic rings. The second-order valence-electron chi connectivity index (χ2n) is 10.3. The van der Waals surface area contributed by atoms with E-state index in [-0.39, 0.29) is 24.4 Å². The van der Waals surface area contributed by atoms with E-state index in [1.54, 1.807) is 12.1 Å². The van der Waals surface area contributed by atoms with Gasteiger partial charge in [0.1, 0.15) is 5.82 Å². The molecule has 0 saturated carbocycles. The summed E-state index contributed by atoms with van der Waals surface area (Å²) in [5.74, 6) is -1.32. The highest BCUT2D eigenvalue weighted by Crippen LogP contribution is 2.36. The number of unbranched alkanes of at least 4 members (excludes halogenated alkanes) is 1. The van der Waals surface area contributed by atoms with Crippen molar-refractivity contribution in [3.05, 3.63) is 69.0 Å². The number of hydrogen-bond donors (Lipinski definition) is 0. The van der Waals surface area contributed by atoms with E-state index in [0.717, 1.165) is 63.4 Å². The van der Waals surface area contributed by atoms with Gasteiger partial charge in [-0.15, -0.1) is 0 Å². The lowest BCUT2D eigenvalue weighted by Crippen LogP contribution is -2.38. The number of nitrogens with zero attached hydrogens (tertiary/aromatic N) is 3. The molecule has 2 heterocycles. The maximum atomic E-state index is 14.2. The van der Waals surface area contributed by atoms with E-state index >= 15 is 0 Å². The molecule has 214 valence electrons. The van der Waals surface area contributed by atoms with Crippen LogP contribution < -0.4 is 0 Å². The Morgan fingerprint density at radius 1 is 1.05 bits per heavy atom. The van der Waals surface area contributed by atoms with Crippen molar-refractivity contribution >= 4 is 29.1 Å². The van der Waals surface area contributed by atoms with Crippen LogP contribution in [-0.4, -0.2) is 79.6 Å². The van der Waals surface area contributed by atoms with Crippen molar-refractivity contribution in [2.75, 3.05) is 53.0 Å². The first-order chi connectivity index (χ1) is 18.5. The molecular weight excluding hydrogens is 557 g/mol. The Morgan fingerprint density at radius 2 is 1.79 bits per heavy atom. The molecular formula is C28H33Cl2F4N3O2. The number of carbonyl (C=O) groups excluding carboxylic acids is 1. The zero-order valence-corrected chi connectivity index (χ0v) is 23.3. The summed E-state index contributed by atoms with van der Waals surface area (Å²) >= 11 is 12.4. The van der Waals surface area contributed by atoms with Gasteiger partial charge in [-0.05, 0) is 61.8 Å². The smallest absolute Gasteiger partial charge is 0.379 e. The summed E-state index contributed by atoms with van der Waals surface area (Å²) in [5, 5.41) is 0.838. The van der Waals surface area contributed by atoms with Crippen molar-refractivity contribution in [2.24, 2.45) is 0 Å². The summed E-state index contributed by atoms with van der Waals surface area (Å²) in [7, 11) is 1.83. The minimum Gasteiger partial charge on any atom is -0.379 e. The maximum absolute atomic E-state index is 14.2. The molecule has 2 fully saturated rings. The fraction of sp³-hybridized carbons (Fsp3) is 0.536. The summed E-state index contributed by atoms with van der Waals surface area (Å²) in [5.41, 5.74) is 0.0556. The fourth-order valence-corrected chi connectivity index (χ4v) is 5.70.